The molecule has 3 heteroatoms. The molecule has 0 saturated carbocycles. The summed E-state index contributed by atoms with van der Waals surface area (Å²) in [5.74, 6) is -0.209. The van der Waals surface area contributed by atoms with Crippen molar-refractivity contribution in [3.8, 4) is 5.75 Å². The number of carbonyl (C=O) groups excluding carboxylic acids is 1. The Labute approximate surface area is 112 Å². The maximum Gasteiger partial charge on any atom is 0.259 e. The SMILES string of the molecule is CCCc1cccc(C(=O)Nc2ccccc2)c1O. The summed E-state index contributed by atoms with van der Waals surface area (Å²) in [7, 11) is 0. The zero-order chi connectivity index (χ0) is 13.7. The summed E-state index contributed by atoms with van der Waals surface area (Å²) in [6, 6.07) is 14.5. The van der Waals surface area contributed by atoms with Crippen LogP contribution in [-0.4, -0.2) is 11.0 Å². The summed E-state index contributed by atoms with van der Waals surface area (Å²) < 4.78 is 0. The molecule has 19 heavy (non-hydrogen) atoms. The fourth-order valence-corrected chi connectivity index (χ4v) is 1.97. The van der Waals surface area contributed by atoms with Crippen molar-refractivity contribution in [1.82, 2.24) is 0 Å². The van der Waals surface area contributed by atoms with Crippen molar-refractivity contribution < 1.29 is 9.90 Å². The highest BCUT2D eigenvalue weighted by Crippen LogP contribution is 2.24. The number of aromatic hydroxyl groups is 1. The van der Waals surface area contributed by atoms with E-state index in [2.05, 4.69) is 5.32 Å². The van der Waals surface area contributed by atoms with Gasteiger partial charge in [-0.15, -0.1) is 0 Å². The molecule has 3 nitrogen and oxygen atoms in total. The summed E-state index contributed by atoms with van der Waals surface area (Å²) >= 11 is 0. The summed E-state index contributed by atoms with van der Waals surface area (Å²) in [5.41, 5.74) is 1.84. The van der Waals surface area contributed by atoms with Gasteiger partial charge in [-0.3, -0.25) is 4.79 Å². The van der Waals surface area contributed by atoms with E-state index >= 15 is 0 Å². The zero-order valence-corrected chi connectivity index (χ0v) is 10.9. The number of aryl methyl sites for hydroxylation is 1. The number of anilines is 1. The fourth-order valence-electron chi connectivity index (χ4n) is 1.97. The number of hydrogen-bond acceptors (Lipinski definition) is 2. The molecule has 2 aromatic rings. The molecule has 2 N–H and O–H groups in total. The standard InChI is InChI=1S/C16H17NO2/c1-2-7-12-8-6-11-14(15(12)18)16(19)17-13-9-4-3-5-10-13/h3-6,8-11,18H,2,7H2,1H3,(H,17,19). The molecular formula is C16H17NO2. The van der Waals surface area contributed by atoms with Crippen LogP contribution < -0.4 is 5.32 Å². The first-order valence-electron chi connectivity index (χ1n) is 6.39. The summed E-state index contributed by atoms with van der Waals surface area (Å²) in [5, 5.41) is 12.9. The number of phenolic OH excluding ortho intramolecular Hbond substituents is 1. The first-order valence-corrected chi connectivity index (χ1v) is 6.39. The molecule has 98 valence electrons. The molecular weight excluding hydrogens is 238 g/mol. The van der Waals surface area contributed by atoms with E-state index in [1.165, 1.54) is 0 Å². The molecule has 0 heterocycles. The van der Waals surface area contributed by atoms with E-state index in [1.54, 1.807) is 12.1 Å². The molecule has 0 spiro atoms. The molecule has 0 aliphatic rings. The van der Waals surface area contributed by atoms with E-state index < -0.39 is 0 Å². The Morgan fingerprint density at radius 1 is 1.11 bits per heavy atom. The quantitative estimate of drug-likeness (QED) is 0.877. The molecule has 2 rings (SSSR count). The van der Waals surface area contributed by atoms with Gasteiger partial charge in [0, 0.05) is 5.69 Å². The topological polar surface area (TPSA) is 49.3 Å². The normalized spacial score (nSPS) is 10.2. The number of phenols is 1. The van der Waals surface area contributed by atoms with Crippen LogP contribution in [-0.2, 0) is 6.42 Å². The van der Waals surface area contributed by atoms with Crippen molar-refractivity contribution in [3.05, 3.63) is 59.7 Å². The first kappa shape index (κ1) is 13.1. The summed E-state index contributed by atoms with van der Waals surface area (Å²) in [6.45, 7) is 2.04. The van der Waals surface area contributed by atoms with Gasteiger partial charge in [0.05, 0.1) is 5.56 Å². The van der Waals surface area contributed by atoms with Gasteiger partial charge in [-0.2, -0.15) is 0 Å². The molecule has 0 bridgehead atoms. The second-order valence-electron chi connectivity index (χ2n) is 4.38. The molecule has 0 fully saturated rings. The van der Waals surface area contributed by atoms with Gasteiger partial charge in [0.2, 0.25) is 0 Å². The molecule has 1 amide bonds. The minimum absolute atomic E-state index is 0.0813. The van der Waals surface area contributed by atoms with Crippen molar-refractivity contribution in [2.75, 3.05) is 5.32 Å². The molecule has 0 radical (unpaired) electrons. The molecule has 0 unspecified atom stereocenters. The number of benzene rings is 2. The second-order valence-corrected chi connectivity index (χ2v) is 4.38. The lowest BCUT2D eigenvalue weighted by molar-refractivity contribution is 0.102. The zero-order valence-electron chi connectivity index (χ0n) is 10.9. The monoisotopic (exact) mass is 255 g/mol. The van der Waals surface area contributed by atoms with E-state index in [-0.39, 0.29) is 11.7 Å². The Morgan fingerprint density at radius 2 is 1.84 bits per heavy atom. The number of rotatable bonds is 4. The van der Waals surface area contributed by atoms with Crippen molar-refractivity contribution in [2.24, 2.45) is 0 Å². The van der Waals surface area contributed by atoms with Crippen LogP contribution in [0.2, 0.25) is 0 Å². The van der Waals surface area contributed by atoms with Gasteiger partial charge < -0.3 is 10.4 Å². The second kappa shape index (κ2) is 6.05. The third-order valence-corrected chi connectivity index (χ3v) is 2.92. The van der Waals surface area contributed by atoms with Crippen molar-refractivity contribution in [1.29, 1.82) is 0 Å². The van der Waals surface area contributed by atoms with Crippen LogP contribution in [0.3, 0.4) is 0 Å². The molecule has 0 saturated heterocycles. The number of nitrogens with one attached hydrogen (secondary N) is 1. The smallest absolute Gasteiger partial charge is 0.259 e. The summed E-state index contributed by atoms with van der Waals surface area (Å²) in [6.07, 6.45) is 1.69. The van der Waals surface area contributed by atoms with Crippen LogP contribution in [0.5, 0.6) is 5.75 Å². The van der Waals surface area contributed by atoms with Gasteiger partial charge >= 0.3 is 0 Å². The minimum atomic E-state index is -0.290. The molecule has 0 aliphatic heterocycles. The highest BCUT2D eigenvalue weighted by Gasteiger charge is 2.13. The van der Waals surface area contributed by atoms with Crippen molar-refractivity contribution >= 4 is 11.6 Å². The van der Waals surface area contributed by atoms with Crippen molar-refractivity contribution in [3.63, 3.8) is 0 Å². The minimum Gasteiger partial charge on any atom is -0.507 e. The lowest BCUT2D eigenvalue weighted by Gasteiger charge is -2.09. The van der Waals surface area contributed by atoms with Crippen LogP contribution in [0.4, 0.5) is 5.69 Å². The van der Waals surface area contributed by atoms with Crippen LogP contribution >= 0.6 is 0 Å². The van der Waals surface area contributed by atoms with E-state index in [0.717, 1.165) is 18.4 Å². The predicted octanol–water partition coefficient (Wildman–Crippen LogP) is 3.60. The molecule has 0 aromatic heterocycles. The Hall–Kier alpha value is -2.29. The highest BCUT2D eigenvalue weighted by atomic mass is 16.3. The fraction of sp³-hybridized carbons (Fsp3) is 0.188. The number of para-hydroxylation sites is 2. The maximum atomic E-state index is 12.1. The highest BCUT2D eigenvalue weighted by molar-refractivity contribution is 6.06. The third-order valence-electron chi connectivity index (χ3n) is 2.92. The van der Waals surface area contributed by atoms with E-state index in [0.29, 0.717) is 11.3 Å². The third kappa shape index (κ3) is 3.13. The Balaban J connectivity index is 2.22. The number of hydrogen-bond donors (Lipinski definition) is 2. The number of amides is 1. The Morgan fingerprint density at radius 3 is 2.53 bits per heavy atom. The number of carbonyl (C=O) groups is 1. The van der Waals surface area contributed by atoms with Crippen LogP contribution in [0, 0.1) is 0 Å². The Kier molecular flexibility index (Phi) is 4.18. The molecule has 0 atom stereocenters. The molecule has 2 aromatic carbocycles. The van der Waals surface area contributed by atoms with Gasteiger partial charge in [0.25, 0.3) is 5.91 Å². The van der Waals surface area contributed by atoms with Gasteiger partial charge in [-0.1, -0.05) is 43.7 Å². The average molecular weight is 255 g/mol. The summed E-state index contributed by atoms with van der Waals surface area (Å²) in [4.78, 5) is 12.1. The Bertz CT molecular complexity index is 564. The van der Waals surface area contributed by atoms with Crippen molar-refractivity contribution in [2.45, 2.75) is 19.8 Å². The van der Waals surface area contributed by atoms with Gasteiger partial charge in [0.15, 0.2) is 0 Å². The van der Waals surface area contributed by atoms with E-state index in [4.69, 9.17) is 0 Å². The van der Waals surface area contributed by atoms with Gasteiger partial charge in [-0.25, -0.2) is 0 Å². The van der Waals surface area contributed by atoms with Crippen LogP contribution in [0.1, 0.15) is 29.3 Å². The predicted molar refractivity (Wildman–Crippen MR) is 76.5 cm³/mol. The van der Waals surface area contributed by atoms with Crippen LogP contribution in [0.25, 0.3) is 0 Å². The van der Waals surface area contributed by atoms with Crippen LogP contribution in [0.15, 0.2) is 48.5 Å². The average Bonchev–Trinajstić information content (AvgIpc) is 2.42. The lowest BCUT2D eigenvalue weighted by atomic mass is 10.0. The maximum absolute atomic E-state index is 12.1. The van der Waals surface area contributed by atoms with Gasteiger partial charge in [-0.05, 0) is 30.2 Å². The first-order chi connectivity index (χ1) is 9.22. The molecule has 0 aliphatic carbocycles. The van der Waals surface area contributed by atoms with E-state index in [1.807, 2.05) is 43.3 Å². The largest absolute Gasteiger partial charge is 0.507 e. The van der Waals surface area contributed by atoms with Gasteiger partial charge in [0.1, 0.15) is 5.75 Å². The van der Waals surface area contributed by atoms with E-state index in [9.17, 15) is 9.90 Å². The lowest BCUT2D eigenvalue weighted by Crippen LogP contribution is -2.12.